The second kappa shape index (κ2) is 11.6. The van der Waals surface area contributed by atoms with Crippen LogP contribution in [0.2, 0.25) is 0 Å². The zero-order valence-electron chi connectivity index (χ0n) is 16.4. The van der Waals surface area contributed by atoms with E-state index in [4.69, 9.17) is 10.5 Å². The molecule has 2 rings (SSSR count). The average molecular weight is 475 g/mol. The molecule has 0 aromatic heterocycles. The molecule has 0 amide bonds. The summed E-state index contributed by atoms with van der Waals surface area (Å²) >= 11 is 0. The van der Waals surface area contributed by atoms with Crippen LogP contribution in [-0.2, 0) is 0 Å². The van der Waals surface area contributed by atoms with Crippen LogP contribution in [0.25, 0.3) is 0 Å². The number of nitrogens with one attached hydrogen (secondary N) is 1. The standard InChI is InChI=1S/C19H33N5O.HI/c1-5-23-10-12-24(13-11-23)16(4)14-21-19(20)22-17-6-8-18(9-7-17)25-15(2)3;/h6-9,15-16H,5,10-14H2,1-4H3,(H3,20,21,22);1H. The first-order valence-electron chi connectivity index (χ1n) is 9.28. The summed E-state index contributed by atoms with van der Waals surface area (Å²) in [7, 11) is 0. The minimum atomic E-state index is 0. The fourth-order valence-corrected chi connectivity index (χ4v) is 2.94. The third kappa shape index (κ3) is 7.67. The van der Waals surface area contributed by atoms with Gasteiger partial charge in [-0.1, -0.05) is 6.92 Å². The quantitative estimate of drug-likeness (QED) is 0.361. The summed E-state index contributed by atoms with van der Waals surface area (Å²) in [4.78, 5) is 9.47. The number of piperazine rings is 1. The summed E-state index contributed by atoms with van der Waals surface area (Å²) in [6.07, 6.45) is 0.172. The van der Waals surface area contributed by atoms with Crippen molar-refractivity contribution in [3.63, 3.8) is 0 Å². The molecular formula is C19H34IN5O. The van der Waals surface area contributed by atoms with Crippen molar-refractivity contribution in [3.8, 4) is 5.75 Å². The zero-order chi connectivity index (χ0) is 18.2. The maximum absolute atomic E-state index is 6.03. The third-order valence-corrected chi connectivity index (χ3v) is 4.50. The third-order valence-electron chi connectivity index (χ3n) is 4.50. The highest BCUT2D eigenvalue weighted by molar-refractivity contribution is 14.0. The summed E-state index contributed by atoms with van der Waals surface area (Å²) in [6.45, 7) is 14.8. The Bertz CT molecular complexity index is 541. The van der Waals surface area contributed by atoms with Crippen LogP contribution in [0.15, 0.2) is 29.3 Å². The fourth-order valence-electron chi connectivity index (χ4n) is 2.94. The molecule has 1 unspecified atom stereocenters. The first-order valence-corrected chi connectivity index (χ1v) is 9.28. The normalized spacial score (nSPS) is 17.7. The number of nitrogens with two attached hydrogens (primary N) is 1. The van der Waals surface area contributed by atoms with Crippen LogP contribution in [0.5, 0.6) is 5.75 Å². The van der Waals surface area contributed by atoms with E-state index in [1.54, 1.807) is 0 Å². The van der Waals surface area contributed by atoms with Crippen molar-refractivity contribution in [2.24, 2.45) is 10.7 Å². The van der Waals surface area contributed by atoms with Gasteiger partial charge in [0.25, 0.3) is 0 Å². The molecule has 6 nitrogen and oxygen atoms in total. The maximum atomic E-state index is 6.03. The van der Waals surface area contributed by atoms with Crippen LogP contribution in [0.3, 0.4) is 0 Å². The van der Waals surface area contributed by atoms with Gasteiger partial charge in [-0.05, 0) is 51.6 Å². The molecule has 0 bridgehead atoms. The molecule has 0 aliphatic carbocycles. The van der Waals surface area contributed by atoms with Gasteiger partial charge in [0.2, 0.25) is 0 Å². The molecule has 1 aromatic rings. The van der Waals surface area contributed by atoms with Gasteiger partial charge in [-0.15, -0.1) is 24.0 Å². The summed E-state index contributed by atoms with van der Waals surface area (Å²) in [5.74, 6) is 1.31. The summed E-state index contributed by atoms with van der Waals surface area (Å²) in [6, 6.07) is 8.18. The Morgan fingerprint density at radius 2 is 1.77 bits per heavy atom. The van der Waals surface area contributed by atoms with E-state index in [0.29, 0.717) is 18.5 Å². The molecule has 26 heavy (non-hydrogen) atoms. The molecule has 0 saturated carbocycles. The Hall–Kier alpha value is -1.06. The van der Waals surface area contributed by atoms with E-state index in [1.807, 2.05) is 38.1 Å². The van der Waals surface area contributed by atoms with Gasteiger partial charge in [-0.3, -0.25) is 9.89 Å². The molecule has 148 valence electrons. The lowest BCUT2D eigenvalue weighted by atomic mass is 10.2. The molecule has 3 N–H and O–H groups in total. The van der Waals surface area contributed by atoms with Crippen LogP contribution in [0.4, 0.5) is 5.69 Å². The molecule has 0 spiro atoms. The molecular weight excluding hydrogens is 441 g/mol. The zero-order valence-corrected chi connectivity index (χ0v) is 18.8. The highest BCUT2D eigenvalue weighted by Gasteiger charge is 2.19. The van der Waals surface area contributed by atoms with Crippen molar-refractivity contribution in [2.75, 3.05) is 44.6 Å². The maximum Gasteiger partial charge on any atom is 0.193 e. The lowest BCUT2D eigenvalue weighted by molar-refractivity contribution is 0.109. The van der Waals surface area contributed by atoms with Crippen LogP contribution in [-0.4, -0.2) is 67.2 Å². The van der Waals surface area contributed by atoms with Gasteiger partial charge in [-0.2, -0.15) is 0 Å². The van der Waals surface area contributed by atoms with Crippen LogP contribution < -0.4 is 15.8 Å². The molecule has 1 atom stereocenters. The summed E-state index contributed by atoms with van der Waals surface area (Å²) in [5.41, 5.74) is 6.94. The number of rotatable bonds is 7. The number of halogens is 1. The average Bonchev–Trinajstić information content (AvgIpc) is 2.61. The van der Waals surface area contributed by atoms with Gasteiger partial charge < -0.3 is 20.7 Å². The Labute approximate surface area is 175 Å². The number of hydrogen-bond donors (Lipinski definition) is 2. The van der Waals surface area contributed by atoms with Gasteiger partial charge in [0.1, 0.15) is 5.75 Å². The van der Waals surface area contributed by atoms with Gasteiger partial charge >= 0.3 is 0 Å². The van der Waals surface area contributed by atoms with E-state index in [0.717, 1.165) is 44.2 Å². The van der Waals surface area contributed by atoms with Gasteiger partial charge in [0.05, 0.1) is 12.6 Å². The minimum Gasteiger partial charge on any atom is -0.491 e. The molecule has 1 aromatic carbocycles. The number of aliphatic imine (C=N–C) groups is 1. The first-order chi connectivity index (χ1) is 12.0. The second-order valence-corrected chi connectivity index (χ2v) is 6.86. The molecule has 1 saturated heterocycles. The topological polar surface area (TPSA) is 66.1 Å². The predicted molar refractivity (Wildman–Crippen MR) is 121 cm³/mol. The largest absolute Gasteiger partial charge is 0.491 e. The van der Waals surface area contributed by atoms with Crippen molar-refractivity contribution >= 4 is 35.6 Å². The fraction of sp³-hybridized carbons (Fsp3) is 0.632. The first kappa shape index (κ1) is 23.0. The highest BCUT2D eigenvalue weighted by atomic mass is 127. The number of nitrogens with zero attached hydrogens (tertiary/aromatic N) is 3. The van der Waals surface area contributed by atoms with Crippen LogP contribution >= 0.6 is 24.0 Å². The molecule has 1 aliphatic rings. The lowest BCUT2D eigenvalue weighted by Crippen LogP contribution is -2.50. The summed E-state index contributed by atoms with van der Waals surface area (Å²) in [5, 5.41) is 3.14. The van der Waals surface area contributed by atoms with E-state index < -0.39 is 0 Å². The molecule has 0 radical (unpaired) electrons. The number of likely N-dealkylation sites (N-methyl/N-ethyl adjacent to an activating group) is 1. The molecule has 1 heterocycles. The number of anilines is 1. The summed E-state index contributed by atoms with van der Waals surface area (Å²) < 4.78 is 5.64. The predicted octanol–water partition coefficient (Wildman–Crippen LogP) is 2.84. The van der Waals surface area contributed by atoms with E-state index in [2.05, 4.69) is 34.0 Å². The van der Waals surface area contributed by atoms with Crippen LogP contribution in [0.1, 0.15) is 27.7 Å². The van der Waals surface area contributed by atoms with Crippen molar-refractivity contribution in [2.45, 2.75) is 39.8 Å². The molecule has 1 fully saturated rings. The molecule has 1 aliphatic heterocycles. The van der Waals surface area contributed by atoms with Crippen LogP contribution in [0, 0.1) is 0 Å². The molecule has 7 heteroatoms. The Morgan fingerprint density at radius 3 is 2.31 bits per heavy atom. The van der Waals surface area contributed by atoms with Gasteiger partial charge in [-0.25, -0.2) is 0 Å². The van der Waals surface area contributed by atoms with Crippen molar-refractivity contribution in [1.82, 2.24) is 9.80 Å². The second-order valence-electron chi connectivity index (χ2n) is 6.86. The smallest absolute Gasteiger partial charge is 0.193 e. The van der Waals surface area contributed by atoms with Crippen molar-refractivity contribution < 1.29 is 4.74 Å². The van der Waals surface area contributed by atoms with Crippen molar-refractivity contribution in [1.29, 1.82) is 0 Å². The Morgan fingerprint density at radius 1 is 1.15 bits per heavy atom. The SMILES string of the molecule is CCN1CCN(C(C)CN=C(N)Nc2ccc(OC(C)C)cc2)CC1.I. The highest BCUT2D eigenvalue weighted by Crippen LogP contribution is 2.16. The van der Waals surface area contributed by atoms with Gasteiger partial charge in [0, 0.05) is 37.9 Å². The number of hydrogen-bond acceptors (Lipinski definition) is 4. The number of ether oxygens (including phenoxy) is 1. The van der Waals surface area contributed by atoms with Gasteiger partial charge in [0.15, 0.2) is 5.96 Å². The minimum absolute atomic E-state index is 0. The van der Waals surface area contributed by atoms with E-state index >= 15 is 0 Å². The monoisotopic (exact) mass is 475 g/mol. The number of guanidine groups is 1. The lowest BCUT2D eigenvalue weighted by Gasteiger charge is -2.37. The Balaban J connectivity index is 0.00000338. The number of benzene rings is 1. The van der Waals surface area contributed by atoms with E-state index in [-0.39, 0.29) is 30.1 Å². The Kier molecular flexibility index (Phi) is 10.3. The van der Waals surface area contributed by atoms with Crippen molar-refractivity contribution in [3.05, 3.63) is 24.3 Å². The van der Waals surface area contributed by atoms with E-state index in [9.17, 15) is 0 Å². The van der Waals surface area contributed by atoms with E-state index in [1.165, 1.54) is 0 Å².